The number of rotatable bonds is 2. The summed E-state index contributed by atoms with van der Waals surface area (Å²) >= 11 is 6.26. The van der Waals surface area contributed by atoms with E-state index in [0.717, 1.165) is 39.1 Å². The molecule has 0 aliphatic heterocycles. The monoisotopic (exact) mass is 369 g/mol. The number of benzene rings is 3. The summed E-state index contributed by atoms with van der Waals surface area (Å²) in [6.07, 6.45) is 0. The standard InChI is InChI=1S/C23H16ClN3/c1-15-7-9-17(10-8-15)23-25-20-12-11-18(24)13-19(20)22-14-21(26-27(22)23)16-5-3-2-4-6-16/h2-14H,1H3. The van der Waals surface area contributed by atoms with Crippen LogP contribution in [0.4, 0.5) is 0 Å². The number of fused-ring (bicyclic) bond motifs is 3. The Morgan fingerprint density at radius 2 is 1.59 bits per heavy atom. The van der Waals surface area contributed by atoms with Gasteiger partial charge in [-0.1, -0.05) is 71.8 Å². The molecule has 0 spiro atoms. The van der Waals surface area contributed by atoms with E-state index in [4.69, 9.17) is 21.7 Å². The highest BCUT2D eigenvalue weighted by atomic mass is 35.5. The highest BCUT2D eigenvalue weighted by Crippen LogP contribution is 2.30. The largest absolute Gasteiger partial charge is 0.228 e. The van der Waals surface area contributed by atoms with Crippen molar-refractivity contribution in [1.82, 2.24) is 14.6 Å². The van der Waals surface area contributed by atoms with Crippen LogP contribution in [0.15, 0.2) is 78.9 Å². The maximum atomic E-state index is 6.26. The van der Waals surface area contributed by atoms with Crippen molar-refractivity contribution in [3.8, 4) is 22.6 Å². The van der Waals surface area contributed by atoms with Gasteiger partial charge in [-0.3, -0.25) is 0 Å². The molecule has 2 aromatic heterocycles. The third-order valence-electron chi connectivity index (χ3n) is 4.75. The molecule has 0 N–H and O–H groups in total. The summed E-state index contributed by atoms with van der Waals surface area (Å²) in [4.78, 5) is 4.89. The predicted octanol–water partition coefficient (Wildman–Crippen LogP) is 6.18. The summed E-state index contributed by atoms with van der Waals surface area (Å²) in [6.45, 7) is 2.08. The highest BCUT2D eigenvalue weighted by molar-refractivity contribution is 6.31. The summed E-state index contributed by atoms with van der Waals surface area (Å²) in [7, 11) is 0. The van der Waals surface area contributed by atoms with Crippen LogP contribution in [-0.4, -0.2) is 14.6 Å². The van der Waals surface area contributed by atoms with Crippen molar-refractivity contribution in [1.29, 1.82) is 0 Å². The Bertz CT molecular complexity index is 1270. The maximum absolute atomic E-state index is 6.26. The van der Waals surface area contributed by atoms with Gasteiger partial charge in [0.2, 0.25) is 0 Å². The van der Waals surface area contributed by atoms with Gasteiger partial charge in [-0.2, -0.15) is 5.10 Å². The Morgan fingerprint density at radius 1 is 0.815 bits per heavy atom. The first kappa shape index (κ1) is 16.0. The van der Waals surface area contributed by atoms with Crippen LogP contribution >= 0.6 is 11.6 Å². The topological polar surface area (TPSA) is 30.2 Å². The van der Waals surface area contributed by atoms with E-state index in [-0.39, 0.29) is 0 Å². The van der Waals surface area contributed by atoms with Gasteiger partial charge in [0.1, 0.15) is 0 Å². The first-order valence-electron chi connectivity index (χ1n) is 8.80. The molecule has 0 bridgehead atoms. The first-order valence-corrected chi connectivity index (χ1v) is 9.18. The van der Waals surface area contributed by atoms with Gasteiger partial charge in [-0.25, -0.2) is 9.50 Å². The fourth-order valence-electron chi connectivity index (χ4n) is 3.35. The Kier molecular flexibility index (Phi) is 3.69. The average molecular weight is 370 g/mol. The molecule has 3 aromatic carbocycles. The van der Waals surface area contributed by atoms with E-state index in [1.807, 2.05) is 40.9 Å². The summed E-state index contributed by atoms with van der Waals surface area (Å²) in [6, 6.07) is 26.4. The molecular formula is C23H16ClN3. The zero-order valence-electron chi connectivity index (χ0n) is 14.7. The van der Waals surface area contributed by atoms with Crippen LogP contribution in [0.2, 0.25) is 5.02 Å². The van der Waals surface area contributed by atoms with E-state index in [2.05, 4.69) is 49.4 Å². The van der Waals surface area contributed by atoms with Gasteiger partial charge in [0.05, 0.1) is 16.7 Å². The molecule has 0 aliphatic carbocycles. The summed E-state index contributed by atoms with van der Waals surface area (Å²) in [5.41, 5.74) is 6.14. The lowest BCUT2D eigenvalue weighted by Crippen LogP contribution is -1.99. The van der Waals surface area contributed by atoms with Crippen molar-refractivity contribution in [3.05, 3.63) is 89.4 Å². The summed E-state index contributed by atoms with van der Waals surface area (Å²) in [5.74, 6) is 0.821. The van der Waals surface area contributed by atoms with E-state index < -0.39 is 0 Å². The van der Waals surface area contributed by atoms with Crippen molar-refractivity contribution in [3.63, 3.8) is 0 Å². The van der Waals surface area contributed by atoms with Gasteiger partial charge in [-0.05, 0) is 31.2 Å². The van der Waals surface area contributed by atoms with Crippen LogP contribution in [0.1, 0.15) is 5.56 Å². The van der Waals surface area contributed by atoms with Crippen LogP contribution in [0.5, 0.6) is 0 Å². The van der Waals surface area contributed by atoms with Crippen molar-refractivity contribution < 1.29 is 0 Å². The van der Waals surface area contributed by atoms with E-state index in [1.54, 1.807) is 0 Å². The van der Waals surface area contributed by atoms with Gasteiger partial charge in [0.25, 0.3) is 0 Å². The molecule has 5 aromatic rings. The molecule has 3 nitrogen and oxygen atoms in total. The third-order valence-corrected chi connectivity index (χ3v) is 4.99. The highest BCUT2D eigenvalue weighted by Gasteiger charge is 2.14. The van der Waals surface area contributed by atoms with Gasteiger partial charge in [0, 0.05) is 21.5 Å². The number of hydrogen-bond donors (Lipinski definition) is 0. The van der Waals surface area contributed by atoms with Crippen molar-refractivity contribution in [2.75, 3.05) is 0 Å². The molecule has 130 valence electrons. The van der Waals surface area contributed by atoms with Crippen LogP contribution < -0.4 is 0 Å². The molecule has 5 rings (SSSR count). The lowest BCUT2D eigenvalue weighted by molar-refractivity contribution is 0.949. The number of aryl methyl sites for hydroxylation is 1. The van der Waals surface area contributed by atoms with Crippen molar-refractivity contribution in [2.24, 2.45) is 0 Å². The Labute approximate surface area is 161 Å². The van der Waals surface area contributed by atoms with Crippen LogP contribution in [0, 0.1) is 6.92 Å². The van der Waals surface area contributed by atoms with Gasteiger partial charge >= 0.3 is 0 Å². The van der Waals surface area contributed by atoms with Gasteiger partial charge in [-0.15, -0.1) is 0 Å². The third kappa shape index (κ3) is 2.77. The van der Waals surface area contributed by atoms with Gasteiger partial charge in [0.15, 0.2) is 5.82 Å². The second-order valence-electron chi connectivity index (χ2n) is 6.66. The summed E-state index contributed by atoms with van der Waals surface area (Å²) in [5, 5.41) is 6.56. The van der Waals surface area contributed by atoms with Gasteiger partial charge < -0.3 is 0 Å². The first-order chi connectivity index (χ1) is 13.2. The molecule has 4 heteroatoms. The van der Waals surface area contributed by atoms with Crippen LogP contribution in [-0.2, 0) is 0 Å². The van der Waals surface area contributed by atoms with E-state index in [0.29, 0.717) is 5.02 Å². The molecule has 0 atom stereocenters. The minimum absolute atomic E-state index is 0.691. The Hall–Kier alpha value is -3.17. The smallest absolute Gasteiger partial charge is 0.161 e. The predicted molar refractivity (Wildman–Crippen MR) is 111 cm³/mol. The maximum Gasteiger partial charge on any atom is 0.161 e. The second kappa shape index (κ2) is 6.22. The lowest BCUT2D eigenvalue weighted by Gasteiger charge is -2.08. The number of halogens is 1. The van der Waals surface area contributed by atoms with Crippen molar-refractivity contribution >= 4 is 28.0 Å². The number of nitrogens with zero attached hydrogens (tertiary/aromatic N) is 3. The molecule has 0 saturated heterocycles. The van der Waals surface area contributed by atoms with Crippen LogP contribution in [0.3, 0.4) is 0 Å². The molecular weight excluding hydrogens is 354 g/mol. The van der Waals surface area contributed by atoms with Crippen molar-refractivity contribution in [2.45, 2.75) is 6.92 Å². The van der Waals surface area contributed by atoms with E-state index >= 15 is 0 Å². The SMILES string of the molecule is Cc1ccc(-c2nc3ccc(Cl)cc3c3cc(-c4ccccc4)nn23)cc1. The normalized spacial score (nSPS) is 11.3. The zero-order chi connectivity index (χ0) is 18.4. The average Bonchev–Trinajstić information content (AvgIpc) is 3.15. The Balaban J connectivity index is 1.86. The van der Waals surface area contributed by atoms with E-state index in [9.17, 15) is 0 Å². The Morgan fingerprint density at radius 3 is 2.37 bits per heavy atom. The molecule has 2 heterocycles. The molecule has 0 unspecified atom stereocenters. The fourth-order valence-corrected chi connectivity index (χ4v) is 3.52. The second-order valence-corrected chi connectivity index (χ2v) is 7.09. The summed E-state index contributed by atoms with van der Waals surface area (Å²) < 4.78 is 1.92. The molecule has 0 aliphatic rings. The molecule has 0 fully saturated rings. The molecule has 0 radical (unpaired) electrons. The minimum Gasteiger partial charge on any atom is -0.228 e. The molecule has 27 heavy (non-hydrogen) atoms. The van der Waals surface area contributed by atoms with Crippen LogP contribution in [0.25, 0.3) is 39.1 Å². The quantitative estimate of drug-likeness (QED) is 0.372. The lowest BCUT2D eigenvalue weighted by atomic mass is 10.1. The number of hydrogen-bond acceptors (Lipinski definition) is 2. The fraction of sp³-hybridized carbons (Fsp3) is 0.0435. The zero-order valence-corrected chi connectivity index (χ0v) is 15.5. The molecule has 0 saturated carbocycles. The minimum atomic E-state index is 0.691. The number of aromatic nitrogens is 3. The van der Waals surface area contributed by atoms with E-state index in [1.165, 1.54) is 5.56 Å². The molecule has 0 amide bonds.